The minimum atomic E-state index is -0.244. The second kappa shape index (κ2) is 6.81. The van der Waals surface area contributed by atoms with Crippen LogP contribution in [0.25, 0.3) is 0 Å². The Balaban J connectivity index is 1.91. The van der Waals surface area contributed by atoms with E-state index in [1.165, 1.54) is 7.11 Å². The number of rotatable bonds is 3. The van der Waals surface area contributed by atoms with Crippen LogP contribution in [0.3, 0.4) is 0 Å². The molecule has 0 saturated carbocycles. The highest BCUT2D eigenvalue weighted by atomic mass is 16.5. The molecule has 1 N–H and O–H groups in total. The second-order valence-corrected chi connectivity index (χ2v) is 6.42. The van der Waals surface area contributed by atoms with Gasteiger partial charge in [0.25, 0.3) is 0 Å². The van der Waals surface area contributed by atoms with Gasteiger partial charge in [-0.15, -0.1) is 10.2 Å². The molecule has 7 nitrogen and oxygen atoms in total. The molecule has 2 rings (SSSR count). The van der Waals surface area contributed by atoms with Crippen molar-refractivity contribution in [3.63, 3.8) is 0 Å². The first-order chi connectivity index (χ1) is 10.4. The Hall–Kier alpha value is -2.05. The van der Waals surface area contributed by atoms with Crippen LogP contribution >= 0.6 is 0 Å². The van der Waals surface area contributed by atoms with Crippen LogP contribution in [0.2, 0.25) is 0 Å². The summed E-state index contributed by atoms with van der Waals surface area (Å²) in [5.74, 6) is 0.894. The minimum absolute atomic E-state index is 0.0541. The molecule has 1 aliphatic rings. The van der Waals surface area contributed by atoms with Crippen molar-refractivity contribution in [3.8, 4) is 11.8 Å². The summed E-state index contributed by atoms with van der Waals surface area (Å²) in [7, 11) is 1.54. The summed E-state index contributed by atoms with van der Waals surface area (Å²) in [6.45, 7) is 7.20. The van der Waals surface area contributed by atoms with Crippen LogP contribution in [0.5, 0.6) is 11.8 Å². The lowest BCUT2D eigenvalue weighted by molar-refractivity contribution is 0.0944. The molecule has 2 heterocycles. The zero-order valence-electron chi connectivity index (χ0n) is 13.6. The van der Waals surface area contributed by atoms with Gasteiger partial charge in [-0.05, 0) is 33.6 Å². The third-order valence-corrected chi connectivity index (χ3v) is 3.26. The summed E-state index contributed by atoms with van der Waals surface area (Å²) in [4.78, 5) is 14.0. The SMILES string of the molecule is COc1ccc(OC2CCCN(C(=O)NC(C)(C)C)C2)nn1. The van der Waals surface area contributed by atoms with Crippen LogP contribution in [-0.2, 0) is 0 Å². The van der Waals surface area contributed by atoms with E-state index in [0.29, 0.717) is 18.3 Å². The number of nitrogens with one attached hydrogen (secondary N) is 1. The van der Waals surface area contributed by atoms with Crippen molar-refractivity contribution < 1.29 is 14.3 Å². The standard InChI is InChI=1S/C15H24N4O3/c1-15(2,3)16-14(20)19-9-5-6-11(10-19)22-13-8-7-12(21-4)17-18-13/h7-8,11H,5-6,9-10H2,1-4H3,(H,16,20). The molecule has 7 heteroatoms. The summed E-state index contributed by atoms with van der Waals surface area (Å²) in [6, 6.07) is 3.37. The van der Waals surface area contributed by atoms with E-state index in [1.807, 2.05) is 20.8 Å². The van der Waals surface area contributed by atoms with E-state index >= 15 is 0 Å². The van der Waals surface area contributed by atoms with Gasteiger partial charge in [0.05, 0.1) is 13.7 Å². The molecule has 2 amide bonds. The maximum atomic E-state index is 12.2. The summed E-state index contributed by atoms with van der Waals surface area (Å²) in [5.41, 5.74) is -0.244. The largest absolute Gasteiger partial charge is 0.480 e. The molecule has 1 unspecified atom stereocenters. The predicted octanol–water partition coefficient (Wildman–Crippen LogP) is 1.84. The Morgan fingerprint density at radius 2 is 2.00 bits per heavy atom. The Morgan fingerprint density at radius 3 is 2.59 bits per heavy atom. The minimum Gasteiger partial charge on any atom is -0.480 e. The lowest BCUT2D eigenvalue weighted by Crippen LogP contribution is -2.53. The van der Waals surface area contributed by atoms with E-state index in [0.717, 1.165) is 19.4 Å². The maximum Gasteiger partial charge on any atom is 0.317 e. The zero-order chi connectivity index (χ0) is 16.2. The van der Waals surface area contributed by atoms with Crippen molar-refractivity contribution in [2.45, 2.75) is 45.3 Å². The van der Waals surface area contributed by atoms with Crippen LogP contribution in [0, 0.1) is 0 Å². The molecule has 0 spiro atoms. The Bertz CT molecular complexity index is 499. The Labute approximate surface area is 131 Å². The number of nitrogens with zero attached hydrogens (tertiary/aromatic N) is 3. The molecule has 1 aromatic heterocycles. The quantitative estimate of drug-likeness (QED) is 0.922. The van der Waals surface area contributed by atoms with Crippen LogP contribution in [0.1, 0.15) is 33.6 Å². The summed E-state index contributed by atoms with van der Waals surface area (Å²) in [5, 5.41) is 10.8. The molecule has 122 valence electrons. The van der Waals surface area contributed by atoms with Gasteiger partial charge < -0.3 is 19.7 Å². The molecule has 1 atom stereocenters. The number of carbonyl (C=O) groups is 1. The van der Waals surface area contributed by atoms with Crippen molar-refractivity contribution in [3.05, 3.63) is 12.1 Å². The van der Waals surface area contributed by atoms with Gasteiger partial charge in [0.1, 0.15) is 6.10 Å². The maximum absolute atomic E-state index is 12.2. The average Bonchev–Trinajstić information content (AvgIpc) is 2.46. The fourth-order valence-corrected chi connectivity index (χ4v) is 2.27. The predicted molar refractivity (Wildman–Crippen MR) is 82.1 cm³/mol. The van der Waals surface area contributed by atoms with Crippen molar-refractivity contribution in [1.29, 1.82) is 0 Å². The monoisotopic (exact) mass is 308 g/mol. The molecule has 0 bridgehead atoms. The number of carbonyl (C=O) groups excluding carboxylic acids is 1. The fraction of sp³-hybridized carbons (Fsp3) is 0.667. The number of hydrogen-bond acceptors (Lipinski definition) is 5. The number of methoxy groups -OCH3 is 1. The van der Waals surface area contributed by atoms with Gasteiger partial charge in [-0.25, -0.2) is 4.79 Å². The molecule has 0 aliphatic carbocycles. The van der Waals surface area contributed by atoms with E-state index in [-0.39, 0.29) is 17.7 Å². The number of likely N-dealkylation sites (tertiary alicyclic amines) is 1. The lowest BCUT2D eigenvalue weighted by atomic mass is 10.1. The fourth-order valence-electron chi connectivity index (χ4n) is 2.27. The Kier molecular flexibility index (Phi) is 5.05. The first-order valence-electron chi connectivity index (χ1n) is 7.49. The first kappa shape index (κ1) is 16.3. The van der Waals surface area contributed by atoms with Gasteiger partial charge in [-0.3, -0.25) is 0 Å². The molecule has 0 radical (unpaired) electrons. The van der Waals surface area contributed by atoms with E-state index in [2.05, 4.69) is 15.5 Å². The van der Waals surface area contributed by atoms with Gasteiger partial charge in [0, 0.05) is 24.2 Å². The number of urea groups is 1. The van der Waals surface area contributed by atoms with E-state index in [9.17, 15) is 4.79 Å². The average molecular weight is 308 g/mol. The van der Waals surface area contributed by atoms with E-state index in [4.69, 9.17) is 9.47 Å². The highest BCUT2D eigenvalue weighted by Crippen LogP contribution is 2.18. The Morgan fingerprint density at radius 1 is 1.32 bits per heavy atom. The number of piperidine rings is 1. The molecular formula is C15H24N4O3. The van der Waals surface area contributed by atoms with Crippen LogP contribution in [0.15, 0.2) is 12.1 Å². The van der Waals surface area contributed by atoms with Crippen molar-refractivity contribution in [2.75, 3.05) is 20.2 Å². The van der Waals surface area contributed by atoms with Crippen molar-refractivity contribution >= 4 is 6.03 Å². The van der Waals surface area contributed by atoms with Crippen LogP contribution in [0.4, 0.5) is 4.79 Å². The molecule has 1 saturated heterocycles. The lowest BCUT2D eigenvalue weighted by Gasteiger charge is -2.34. The van der Waals surface area contributed by atoms with Crippen LogP contribution in [-0.4, -0.2) is 53.0 Å². The van der Waals surface area contributed by atoms with Gasteiger partial charge in [-0.2, -0.15) is 0 Å². The van der Waals surface area contributed by atoms with Crippen molar-refractivity contribution in [2.24, 2.45) is 0 Å². The summed E-state index contributed by atoms with van der Waals surface area (Å²) >= 11 is 0. The number of aromatic nitrogens is 2. The van der Waals surface area contributed by atoms with E-state index in [1.54, 1.807) is 17.0 Å². The summed E-state index contributed by atoms with van der Waals surface area (Å²) in [6.07, 6.45) is 1.74. The van der Waals surface area contributed by atoms with E-state index < -0.39 is 0 Å². The second-order valence-electron chi connectivity index (χ2n) is 6.42. The van der Waals surface area contributed by atoms with Gasteiger partial charge in [0.2, 0.25) is 11.8 Å². The molecule has 22 heavy (non-hydrogen) atoms. The molecular weight excluding hydrogens is 284 g/mol. The zero-order valence-corrected chi connectivity index (χ0v) is 13.6. The molecule has 0 aromatic carbocycles. The smallest absolute Gasteiger partial charge is 0.317 e. The molecule has 1 aliphatic heterocycles. The van der Waals surface area contributed by atoms with Gasteiger partial charge in [0.15, 0.2) is 0 Å². The normalized spacial score (nSPS) is 18.7. The third kappa shape index (κ3) is 4.75. The third-order valence-electron chi connectivity index (χ3n) is 3.26. The van der Waals surface area contributed by atoms with Crippen molar-refractivity contribution in [1.82, 2.24) is 20.4 Å². The number of amides is 2. The van der Waals surface area contributed by atoms with Gasteiger partial charge in [-0.1, -0.05) is 0 Å². The number of hydrogen-bond donors (Lipinski definition) is 1. The van der Waals surface area contributed by atoms with Gasteiger partial charge >= 0.3 is 6.03 Å². The molecule has 1 fully saturated rings. The highest BCUT2D eigenvalue weighted by molar-refractivity contribution is 5.75. The van der Waals surface area contributed by atoms with Crippen LogP contribution < -0.4 is 14.8 Å². The number of ether oxygens (including phenoxy) is 2. The molecule has 1 aromatic rings. The first-order valence-corrected chi connectivity index (χ1v) is 7.49. The summed E-state index contributed by atoms with van der Waals surface area (Å²) < 4.78 is 10.8. The topological polar surface area (TPSA) is 76.6 Å². The highest BCUT2D eigenvalue weighted by Gasteiger charge is 2.27.